The Morgan fingerprint density at radius 1 is 0.852 bits per heavy atom. The van der Waals surface area contributed by atoms with Gasteiger partial charge in [0.2, 0.25) is 13.0 Å². The van der Waals surface area contributed by atoms with Gasteiger partial charge in [-0.15, -0.1) is 11.3 Å². The predicted molar refractivity (Wildman–Crippen MR) is 219 cm³/mol. The van der Waals surface area contributed by atoms with Crippen molar-refractivity contribution in [3.8, 4) is 0 Å². The minimum Gasteiger partial charge on any atom is -0.450 e. The van der Waals surface area contributed by atoms with Crippen molar-refractivity contribution in [1.82, 2.24) is 15.2 Å². The molecule has 2 unspecified atom stereocenters. The van der Waals surface area contributed by atoms with Crippen molar-refractivity contribution in [1.29, 1.82) is 0 Å². The maximum absolute atomic E-state index is 14.0. The van der Waals surface area contributed by atoms with Crippen molar-refractivity contribution >= 4 is 63.1 Å². The molecule has 61 heavy (non-hydrogen) atoms. The summed E-state index contributed by atoms with van der Waals surface area (Å²) >= 11 is 0.921. The van der Waals surface area contributed by atoms with Crippen molar-refractivity contribution in [3.05, 3.63) is 178 Å². The van der Waals surface area contributed by atoms with Crippen molar-refractivity contribution in [3.63, 3.8) is 0 Å². The minimum atomic E-state index is -2.21. The fourth-order valence-electron chi connectivity index (χ4n) is 6.60. The van der Waals surface area contributed by atoms with Crippen molar-refractivity contribution < 1.29 is 51.3 Å². The van der Waals surface area contributed by atoms with E-state index in [9.17, 15) is 37.0 Å². The number of carbonyl (C=O) groups is 5. The number of nitrogens with one attached hydrogen (secondary N) is 2. The zero-order valence-corrected chi connectivity index (χ0v) is 33.2. The average molecular weight is 866 g/mol. The summed E-state index contributed by atoms with van der Waals surface area (Å²) in [6.07, 6.45) is -3.32. The van der Waals surface area contributed by atoms with Gasteiger partial charge >= 0.3 is 11.9 Å². The van der Waals surface area contributed by atoms with Gasteiger partial charge in [-0.2, -0.15) is 8.78 Å². The van der Waals surface area contributed by atoms with E-state index in [-0.39, 0.29) is 10.8 Å². The van der Waals surface area contributed by atoms with Crippen molar-refractivity contribution in [2.24, 2.45) is 5.16 Å². The third-order valence-electron chi connectivity index (χ3n) is 9.28. The number of amides is 3. The molecule has 0 spiro atoms. The number of halogens is 2. The van der Waals surface area contributed by atoms with Gasteiger partial charge in [0, 0.05) is 17.0 Å². The lowest BCUT2D eigenvalue weighted by Gasteiger charge is -2.49. The Kier molecular flexibility index (Phi) is 13.2. The first-order valence-corrected chi connectivity index (χ1v) is 20.6. The summed E-state index contributed by atoms with van der Waals surface area (Å²) in [7, 11) is -2.12. The van der Waals surface area contributed by atoms with Gasteiger partial charge in [0.05, 0.1) is 16.6 Å². The van der Waals surface area contributed by atoms with E-state index >= 15 is 0 Å². The summed E-state index contributed by atoms with van der Waals surface area (Å²) in [4.78, 5) is 76.2. The van der Waals surface area contributed by atoms with Gasteiger partial charge in [-0.05, 0) is 22.3 Å². The van der Waals surface area contributed by atoms with Crippen LogP contribution in [0.25, 0.3) is 0 Å². The first-order chi connectivity index (χ1) is 29.6. The number of aromatic nitrogens is 1. The van der Waals surface area contributed by atoms with E-state index in [0.29, 0.717) is 34.7 Å². The number of carbonyl (C=O) groups excluding carboxylic acids is 5. The van der Waals surface area contributed by atoms with E-state index in [1.165, 1.54) is 5.38 Å². The highest BCUT2D eigenvalue weighted by molar-refractivity contribution is 7.86. The Hall–Kier alpha value is -7.18. The van der Waals surface area contributed by atoms with Crippen LogP contribution in [-0.2, 0) is 49.1 Å². The summed E-state index contributed by atoms with van der Waals surface area (Å²) in [5, 5.41) is 8.66. The smallest absolute Gasteiger partial charge is 0.356 e. The molecule has 0 bridgehead atoms. The zero-order valence-electron chi connectivity index (χ0n) is 31.6. The SMILES string of the molecule is O=CNc1nc(C(=NOCC(=O)OC(c2ccccc2)c2ccccc2)C(=O)NC2C(=O)N3C(C(=O)OC(c4ccccc4)c4ccccc4)=C(C=C(F)F)CS(=O)[C@H]23)cs1. The van der Waals surface area contributed by atoms with Crippen LogP contribution in [0.1, 0.15) is 40.2 Å². The Labute approximate surface area is 353 Å². The number of benzene rings is 4. The lowest BCUT2D eigenvalue weighted by molar-refractivity contribution is -0.154. The standard InChI is InChI=1S/C43H33F2N5O9S2/c44-32(45)21-30-24-61(56)41-35(40(54)50(41)36(30)42(55)59-38(28-17-9-3-10-18-28)29-19-11-4-12-20-29)48-39(53)34(31-23-60-43(47-31)46-25-51)49-57-22-33(52)58-37(26-13-5-1-6-14-26)27-15-7-2-8-16-27/h1-21,23,25,35,37-38,41H,22,24H2,(H,48,53)(H,46,47,51)/t35?,41-,61?/m1/s1. The number of allylic oxidation sites excluding steroid dienone is 1. The normalized spacial score (nSPS) is 17.2. The third kappa shape index (κ3) is 9.66. The lowest BCUT2D eigenvalue weighted by atomic mass is 10.0. The molecule has 0 radical (unpaired) electrons. The summed E-state index contributed by atoms with van der Waals surface area (Å²) in [5.74, 6) is -4.63. The molecule has 7 rings (SSSR count). The molecule has 5 aromatic rings. The number of esters is 2. The van der Waals surface area contributed by atoms with E-state index < -0.39 is 93.6 Å². The van der Waals surface area contributed by atoms with Crippen molar-refractivity contribution in [2.45, 2.75) is 23.6 Å². The Morgan fingerprint density at radius 3 is 1.89 bits per heavy atom. The molecular weight excluding hydrogens is 833 g/mol. The maximum Gasteiger partial charge on any atom is 0.356 e. The van der Waals surface area contributed by atoms with E-state index in [0.717, 1.165) is 16.2 Å². The second-order valence-electron chi connectivity index (χ2n) is 13.2. The number of ether oxygens (including phenoxy) is 2. The number of hydrogen-bond acceptors (Lipinski definition) is 12. The Balaban J connectivity index is 1.12. The Morgan fingerprint density at radius 2 is 1.38 bits per heavy atom. The first kappa shape index (κ1) is 42.0. The Bertz CT molecular complexity index is 2460. The number of fused-ring (bicyclic) bond motifs is 1. The van der Waals surface area contributed by atoms with Gasteiger partial charge in [0.15, 0.2) is 23.1 Å². The molecule has 2 aliphatic heterocycles. The van der Waals surface area contributed by atoms with Crippen LogP contribution in [0.2, 0.25) is 0 Å². The molecule has 1 saturated heterocycles. The highest BCUT2D eigenvalue weighted by Gasteiger charge is 2.57. The second kappa shape index (κ2) is 19.3. The molecule has 4 aromatic carbocycles. The summed E-state index contributed by atoms with van der Waals surface area (Å²) in [5.41, 5.74) is 0.811. The van der Waals surface area contributed by atoms with Gasteiger partial charge in [-0.3, -0.25) is 23.5 Å². The molecule has 1 aromatic heterocycles. The third-order valence-corrected chi connectivity index (χ3v) is 11.7. The number of β-lactam (4-membered cyclic amide) rings is 1. The van der Waals surface area contributed by atoms with Crippen molar-refractivity contribution in [2.75, 3.05) is 17.7 Å². The number of nitrogens with zero attached hydrogens (tertiary/aromatic N) is 3. The van der Waals surface area contributed by atoms with Gasteiger partial charge in [0.1, 0.15) is 22.8 Å². The average Bonchev–Trinajstić information content (AvgIpc) is 3.74. The monoisotopic (exact) mass is 865 g/mol. The minimum absolute atomic E-state index is 0.0658. The summed E-state index contributed by atoms with van der Waals surface area (Å²) in [6, 6.07) is 33.6. The van der Waals surface area contributed by atoms with Crippen LogP contribution in [0.3, 0.4) is 0 Å². The molecule has 0 aliphatic carbocycles. The largest absolute Gasteiger partial charge is 0.450 e. The maximum atomic E-state index is 14.0. The second-order valence-corrected chi connectivity index (χ2v) is 15.6. The summed E-state index contributed by atoms with van der Waals surface area (Å²) < 4.78 is 52.8. The number of thiazole rings is 1. The molecule has 3 heterocycles. The van der Waals surface area contributed by atoms with Crippen LogP contribution < -0.4 is 10.6 Å². The van der Waals surface area contributed by atoms with Crippen LogP contribution in [0.4, 0.5) is 13.9 Å². The van der Waals surface area contributed by atoms with Gasteiger partial charge in [-0.25, -0.2) is 14.6 Å². The molecule has 0 saturated carbocycles. The van der Waals surface area contributed by atoms with Crippen LogP contribution in [0.5, 0.6) is 0 Å². The number of anilines is 1. The van der Waals surface area contributed by atoms with Crippen LogP contribution in [0.15, 0.2) is 155 Å². The quantitative estimate of drug-likeness (QED) is 0.0420. The van der Waals surface area contributed by atoms with Gasteiger partial charge in [-0.1, -0.05) is 126 Å². The molecule has 1 fully saturated rings. The van der Waals surface area contributed by atoms with E-state index in [4.69, 9.17) is 14.3 Å². The molecule has 14 nitrogen and oxygen atoms in total. The van der Waals surface area contributed by atoms with Crippen LogP contribution in [0, 0.1) is 0 Å². The number of rotatable bonds is 16. The molecular formula is C43H33F2N5O9S2. The predicted octanol–water partition coefficient (Wildman–Crippen LogP) is 5.55. The topological polar surface area (TPSA) is 183 Å². The van der Waals surface area contributed by atoms with Crippen LogP contribution in [-0.4, -0.2) is 73.7 Å². The van der Waals surface area contributed by atoms with Gasteiger partial charge in [0.25, 0.3) is 17.9 Å². The molecule has 3 atom stereocenters. The highest BCUT2D eigenvalue weighted by atomic mass is 32.2. The van der Waals surface area contributed by atoms with E-state index in [1.807, 2.05) is 12.1 Å². The van der Waals surface area contributed by atoms with E-state index in [1.54, 1.807) is 109 Å². The summed E-state index contributed by atoms with van der Waals surface area (Å²) in [6.45, 7) is -0.774. The molecule has 2 aliphatic rings. The molecule has 310 valence electrons. The fourth-order valence-corrected chi connectivity index (χ4v) is 8.88. The first-order valence-electron chi connectivity index (χ1n) is 18.4. The van der Waals surface area contributed by atoms with Crippen LogP contribution >= 0.6 is 11.3 Å². The molecule has 3 amide bonds. The zero-order chi connectivity index (χ0) is 42.9. The lowest BCUT2D eigenvalue weighted by Crippen LogP contribution is -2.74. The molecule has 18 heteroatoms. The number of oxime groups is 1. The van der Waals surface area contributed by atoms with E-state index in [2.05, 4.69) is 20.8 Å². The number of hydrogen-bond donors (Lipinski definition) is 2. The van der Waals surface area contributed by atoms with Gasteiger partial charge < -0.3 is 24.9 Å². The fraction of sp³-hybridized carbons (Fsp3) is 0.140. The molecule has 2 N–H and O–H groups in total. The highest BCUT2D eigenvalue weighted by Crippen LogP contribution is 2.38.